The number of phenols is 1. The van der Waals surface area contributed by atoms with Crippen LogP contribution in [0.2, 0.25) is 0 Å². The molecule has 0 heterocycles. The zero-order chi connectivity index (χ0) is 17.3. The Morgan fingerprint density at radius 2 is 1.54 bits per heavy atom. The summed E-state index contributed by atoms with van der Waals surface area (Å²) in [5, 5.41) is 18.1. The monoisotopic (exact) mass is 326 g/mol. The van der Waals surface area contributed by atoms with Crippen LogP contribution in [0.25, 0.3) is 0 Å². The van der Waals surface area contributed by atoms with Gasteiger partial charge in [0.2, 0.25) is 0 Å². The highest BCUT2D eigenvalue weighted by molar-refractivity contribution is 6.28. The van der Waals surface area contributed by atoms with Crippen molar-refractivity contribution in [1.82, 2.24) is 0 Å². The first-order chi connectivity index (χ1) is 11.5. The van der Waals surface area contributed by atoms with Crippen molar-refractivity contribution in [3.8, 4) is 11.5 Å². The van der Waals surface area contributed by atoms with Gasteiger partial charge >= 0.3 is 5.97 Å². The Morgan fingerprint density at radius 3 is 2.21 bits per heavy atom. The van der Waals surface area contributed by atoms with Crippen molar-refractivity contribution in [2.75, 3.05) is 6.61 Å². The van der Waals surface area contributed by atoms with Gasteiger partial charge in [0, 0.05) is 28.7 Å². The minimum atomic E-state index is -0.898. The lowest BCUT2D eigenvalue weighted by Crippen LogP contribution is -2.20. The van der Waals surface area contributed by atoms with E-state index in [2.05, 4.69) is 0 Å². The quantitative estimate of drug-likeness (QED) is 0.698. The molecule has 2 aromatic carbocycles. The lowest BCUT2D eigenvalue weighted by molar-refractivity contribution is -0.137. The number of hydrogen-bond donors (Lipinski definition) is 2. The summed E-state index contributed by atoms with van der Waals surface area (Å²) in [5.74, 6) is -1.20. The summed E-state index contributed by atoms with van der Waals surface area (Å²) in [6.07, 6.45) is 0.348. The van der Waals surface area contributed by atoms with E-state index >= 15 is 0 Å². The predicted octanol–water partition coefficient (Wildman–Crippen LogP) is 2.41. The van der Waals surface area contributed by atoms with Gasteiger partial charge in [0.1, 0.15) is 11.5 Å². The van der Waals surface area contributed by atoms with Crippen LogP contribution in [-0.4, -0.2) is 34.4 Å². The Balaban J connectivity index is 1.86. The van der Waals surface area contributed by atoms with Crippen molar-refractivity contribution >= 4 is 17.5 Å². The highest BCUT2D eigenvalue weighted by Gasteiger charge is 2.30. The number of carbonyl (C=O) groups excluding carboxylic acids is 2. The van der Waals surface area contributed by atoms with Gasteiger partial charge in [0.05, 0.1) is 6.61 Å². The molecule has 3 rings (SSSR count). The van der Waals surface area contributed by atoms with Crippen LogP contribution in [0.1, 0.15) is 44.7 Å². The van der Waals surface area contributed by atoms with Crippen LogP contribution in [0.3, 0.4) is 0 Å². The van der Waals surface area contributed by atoms with E-state index in [1.807, 2.05) is 0 Å². The van der Waals surface area contributed by atoms with Crippen molar-refractivity contribution in [2.45, 2.75) is 12.8 Å². The van der Waals surface area contributed by atoms with E-state index in [-0.39, 0.29) is 52.6 Å². The summed E-state index contributed by atoms with van der Waals surface area (Å²) in [7, 11) is 0. The van der Waals surface area contributed by atoms with E-state index in [9.17, 15) is 19.5 Å². The Hall–Kier alpha value is -3.15. The molecule has 0 aliphatic heterocycles. The van der Waals surface area contributed by atoms with Gasteiger partial charge in [-0.2, -0.15) is 0 Å². The summed E-state index contributed by atoms with van der Waals surface area (Å²) < 4.78 is 5.45. The zero-order valence-electron chi connectivity index (χ0n) is 12.6. The minimum Gasteiger partial charge on any atom is -0.508 e. The number of rotatable bonds is 5. The summed E-state index contributed by atoms with van der Waals surface area (Å²) >= 11 is 0. The summed E-state index contributed by atoms with van der Waals surface area (Å²) in [5.41, 5.74) is 0.931. The highest BCUT2D eigenvalue weighted by Crippen LogP contribution is 2.31. The van der Waals surface area contributed by atoms with Crippen molar-refractivity contribution in [2.24, 2.45) is 0 Å². The number of aromatic hydroxyl groups is 1. The van der Waals surface area contributed by atoms with Crippen LogP contribution >= 0.6 is 0 Å². The average molecular weight is 326 g/mol. The van der Waals surface area contributed by atoms with Crippen LogP contribution in [0.5, 0.6) is 11.5 Å². The van der Waals surface area contributed by atoms with Crippen LogP contribution in [0.15, 0.2) is 36.4 Å². The number of aliphatic carboxylic acids is 1. The van der Waals surface area contributed by atoms with Gasteiger partial charge in [0.25, 0.3) is 0 Å². The number of fused-ring (bicyclic) bond motifs is 2. The third-order valence-electron chi connectivity index (χ3n) is 3.78. The van der Waals surface area contributed by atoms with E-state index in [0.717, 1.165) is 0 Å². The zero-order valence-corrected chi connectivity index (χ0v) is 12.6. The van der Waals surface area contributed by atoms with Crippen molar-refractivity contribution in [3.63, 3.8) is 0 Å². The summed E-state index contributed by atoms with van der Waals surface area (Å²) in [4.78, 5) is 35.5. The van der Waals surface area contributed by atoms with E-state index in [4.69, 9.17) is 9.84 Å². The number of ketones is 2. The van der Waals surface area contributed by atoms with Gasteiger partial charge in [-0.25, -0.2) is 0 Å². The Kier molecular flexibility index (Phi) is 4.04. The molecule has 6 heteroatoms. The maximum absolute atomic E-state index is 12.6. The molecule has 0 aromatic heterocycles. The van der Waals surface area contributed by atoms with E-state index < -0.39 is 5.97 Å². The molecule has 24 heavy (non-hydrogen) atoms. The largest absolute Gasteiger partial charge is 0.508 e. The number of benzene rings is 2. The second-order valence-corrected chi connectivity index (χ2v) is 5.44. The topological polar surface area (TPSA) is 101 Å². The number of carboxylic acid groups (broad SMARTS) is 1. The van der Waals surface area contributed by atoms with Gasteiger partial charge < -0.3 is 14.9 Å². The molecule has 2 aromatic rings. The third-order valence-corrected chi connectivity index (χ3v) is 3.78. The van der Waals surface area contributed by atoms with Crippen LogP contribution < -0.4 is 4.74 Å². The first-order valence-electron chi connectivity index (χ1n) is 7.38. The van der Waals surface area contributed by atoms with Crippen LogP contribution in [0.4, 0.5) is 0 Å². The Bertz CT molecular complexity index is 853. The van der Waals surface area contributed by atoms with Crippen molar-refractivity contribution in [1.29, 1.82) is 0 Å². The molecule has 0 spiro atoms. The molecule has 0 amide bonds. The van der Waals surface area contributed by atoms with Gasteiger partial charge in [0.15, 0.2) is 11.6 Å². The Morgan fingerprint density at radius 1 is 0.917 bits per heavy atom. The third kappa shape index (κ3) is 2.86. The average Bonchev–Trinajstić information content (AvgIpc) is 2.56. The van der Waals surface area contributed by atoms with Crippen LogP contribution in [0, 0.1) is 0 Å². The lowest BCUT2D eigenvalue weighted by Gasteiger charge is -2.18. The Labute approximate surface area is 137 Å². The van der Waals surface area contributed by atoms with Gasteiger partial charge in [-0.15, -0.1) is 0 Å². The normalized spacial score (nSPS) is 12.5. The molecular weight excluding hydrogens is 312 g/mol. The number of carbonyl (C=O) groups is 3. The molecule has 2 N–H and O–H groups in total. The van der Waals surface area contributed by atoms with Gasteiger partial charge in [-0.3, -0.25) is 14.4 Å². The smallest absolute Gasteiger partial charge is 0.303 e. The van der Waals surface area contributed by atoms with Crippen LogP contribution in [-0.2, 0) is 4.79 Å². The number of phenolic OH excluding ortho intramolecular Hbond substituents is 1. The molecule has 6 nitrogen and oxygen atoms in total. The van der Waals surface area contributed by atoms with E-state index in [0.29, 0.717) is 12.2 Å². The fraction of sp³-hybridized carbons (Fsp3) is 0.167. The van der Waals surface area contributed by atoms with Gasteiger partial charge in [-0.1, -0.05) is 0 Å². The number of hydrogen-bond acceptors (Lipinski definition) is 5. The molecule has 0 atom stereocenters. The van der Waals surface area contributed by atoms with E-state index in [1.165, 1.54) is 30.3 Å². The summed E-state index contributed by atoms with van der Waals surface area (Å²) in [6.45, 7) is 0.206. The van der Waals surface area contributed by atoms with Crippen molar-refractivity contribution in [3.05, 3.63) is 58.7 Å². The number of carboxylic acids is 1. The second kappa shape index (κ2) is 6.16. The molecule has 0 fully saturated rings. The number of ether oxygens (including phenoxy) is 1. The maximum Gasteiger partial charge on any atom is 0.303 e. The summed E-state index contributed by atoms with van der Waals surface area (Å²) in [6, 6.07) is 8.64. The molecule has 0 radical (unpaired) electrons. The molecule has 122 valence electrons. The van der Waals surface area contributed by atoms with E-state index in [1.54, 1.807) is 6.07 Å². The second-order valence-electron chi connectivity index (χ2n) is 5.44. The highest BCUT2D eigenvalue weighted by atomic mass is 16.5. The molecule has 1 aliphatic carbocycles. The molecule has 1 aliphatic rings. The molecule has 0 saturated carbocycles. The molecule has 0 bridgehead atoms. The molecular formula is C18H14O6. The predicted molar refractivity (Wildman–Crippen MR) is 83.8 cm³/mol. The lowest BCUT2D eigenvalue weighted by atomic mass is 9.84. The molecule has 0 saturated heterocycles. The minimum absolute atomic E-state index is 0.000768. The first-order valence-corrected chi connectivity index (χ1v) is 7.38. The molecule has 0 unspecified atom stereocenters. The fourth-order valence-corrected chi connectivity index (χ4v) is 2.62. The maximum atomic E-state index is 12.6. The SMILES string of the molecule is O=C(O)CCCOc1ccc2c(c1)C(=O)c1ccc(O)cc1C2=O. The fourth-order valence-electron chi connectivity index (χ4n) is 2.62. The van der Waals surface area contributed by atoms with Crippen molar-refractivity contribution < 1.29 is 29.3 Å². The first kappa shape index (κ1) is 15.7. The van der Waals surface area contributed by atoms with Gasteiger partial charge in [-0.05, 0) is 42.8 Å². The standard InChI is InChI=1S/C18H14O6/c19-10-3-5-12-14(8-10)17(22)13-6-4-11(9-15(13)18(12)23)24-7-1-2-16(20)21/h3-6,8-9,19H,1-2,7H2,(H,20,21).